The molecule has 1 heterocycles. The minimum absolute atomic E-state index is 0.0571. The van der Waals surface area contributed by atoms with Crippen LogP contribution < -0.4 is 5.32 Å². The number of aromatic nitrogens is 1. The van der Waals surface area contributed by atoms with Gasteiger partial charge < -0.3 is 10.4 Å². The van der Waals surface area contributed by atoms with E-state index in [1.54, 1.807) is 23.6 Å². The minimum Gasteiger partial charge on any atom is -0.508 e. The van der Waals surface area contributed by atoms with Gasteiger partial charge in [0, 0.05) is 35.8 Å². The normalized spacial score (nSPS) is 12.6. The predicted molar refractivity (Wildman–Crippen MR) is 65.4 cm³/mol. The molecule has 1 aromatic heterocycles. The summed E-state index contributed by atoms with van der Waals surface area (Å²) >= 11 is 1.56. The molecule has 1 atom stereocenters. The highest BCUT2D eigenvalue weighted by molar-refractivity contribution is 7.09. The van der Waals surface area contributed by atoms with Crippen LogP contribution >= 0.6 is 11.3 Å². The Bertz CT molecular complexity index is 487. The number of thiazole rings is 1. The van der Waals surface area contributed by atoms with E-state index in [0.717, 1.165) is 11.1 Å². The first-order chi connectivity index (χ1) is 8.16. The average molecular weight is 252 g/mol. The van der Waals surface area contributed by atoms with Gasteiger partial charge in [-0.3, -0.25) is 0 Å². The summed E-state index contributed by atoms with van der Waals surface area (Å²) in [6.45, 7) is 2.49. The third kappa shape index (κ3) is 3.01. The maximum absolute atomic E-state index is 13.6. The Morgan fingerprint density at radius 1 is 1.53 bits per heavy atom. The highest BCUT2D eigenvalue weighted by atomic mass is 32.1. The van der Waals surface area contributed by atoms with Gasteiger partial charge in [-0.2, -0.15) is 0 Å². The summed E-state index contributed by atoms with van der Waals surface area (Å²) in [4.78, 5) is 4.14. The predicted octanol–water partition coefficient (Wildman–Crippen LogP) is 2.84. The number of benzene rings is 1. The van der Waals surface area contributed by atoms with Crippen LogP contribution in [0.5, 0.6) is 5.75 Å². The van der Waals surface area contributed by atoms with E-state index in [0.29, 0.717) is 12.1 Å². The first-order valence-corrected chi connectivity index (χ1v) is 6.15. The van der Waals surface area contributed by atoms with Crippen molar-refractivity contribution < 1.29 is 9.50 Å². The Kier molecular flexibility index (Phi) is 3.71. The van der Waals surface area contributed by atoms with Gasteiger partial charge in [0.25, 0.3) is 0 Å². The Balaban J connectivity index is 2.01. The second kappa shape index (κ2) is 5.25. The van der Waals surface area contributed by atoms with Gasteiger partial charge in [-0.25, -0.2) is 9.37 Å². The Morgan fingerprint density at radius 2 is 2.35 bits per heavy atom. The lowest BCUT2D eigenvalue weighted by molar-refractivity contribution is 0.463. The van der Waals surface area contributed by atoms with E-state index in [2.05, 4.69) is 10.3 Å². The van der Waals surface area contributed by atoms with E-state index in [4.69, 9.17) is 5.11 Å². The second-order valence-corrected chi connectivity index (χ2v) is 4.71. The average Bonchev–Trinajstić information content (AvgIpc) is 2.78. The topological polar surface area (TPSA) is 45.2 Å². The van der Waals surface area contributed by atoms with Crippen molar-refractivity contribution in [3.8, 4) is 5.75 Å². The largest absolute Gasteiger partial charge is 0.508 e. The summed E-state index contributed by atoms with van der Waals surface area (Å²) in [6.07, 6.45) is 1.74. The van der Waals surface area contributed by atoms with Crippen molar-refractivity contribution in [1.29, 1.82) is 0 Å². The third-order valence-electron chi connectivity index (χ3n) is 2.49. The molecule has 5 heteroatoms. The van der Waals surface area contributed by atoms with Gasteiger partial charge in [0.15, 0.2) is 0 Å². The summed E-state index contributed by atoms with van der Waals surface area (Å²) in [6, 6.07) is 4.07. The highest BCUT2D eigenvalue weighted by Crippen LogP contribution is 2.21. The number of halogens is 1. The minimum atomic E-state index is -0.399. The molecule has 2 rings (SSSR count). The molecular weight excluding hydrogens is 239 g/mol. The zero-order valence-corrected chi connectivity index (χ0v) is 10.2. The zero-order chi connectivity index (χ0) is 12.3. The van der Waals surface area contributed by atoms with E-state index in [1.165, 1.54) is 6.07 Å². The summed E-state index contributed by atoms with van der Waals surface area (Å²) in [5.41, 5.74) is 0.541. The molecule has 0 bridgehead atoms. The smallest absolute Gasteiger partial charge is 0.131 e. The van der Waals surface area contributed by atoms with Crippen molar-refractivity contribution in [3.63, 3.8) is 0 Å². The van der Waals surface area contributed by atoms with E-state index >= 15 is 0 Å². The summed E-state index contributed by atoms with van der Waals surface area (Å²) in [5.74, 6) is -0.456. The van der Waals surface area contributed by atoms with E-state index in [1.807, 2.05) is 12.3 Å². The van der Waals surface area contributed by atoms with Crippen LogP contribution in [0.4, 0.5) is 4.39 Å². The molecule has 0 fully saturated rings. The molecule has 1 aromatic carbocycles. The first kappa shape index (κ1) is 12.0. The second-order valence-electron chi connectivity index (χ2n) is 3.73. The standard InChI is InChI=1S/C12H13FN2OS/c1-8(15-7-12-14-4-5-17-12)10-3-2-9(16)6-11(10)13/h2-6,8,15-16H,7H2,1H3. The van der Waals surface area contributed by atoms with Crippen molar-refractivity contribution in [1.82, 2.24) is 10.3 Å². The van der Waals surface area contributed by atoms with Crippen LogP contribution in [0, 0.1) is 5.82 Å². The number of aromatic hydroxyl groups is 1. The van der Waals surface area contributed by atoms with Gasteiger partial charge in [-0.15, -0.1) is 11.3 Å². The number of nitrogens with one attached hydrogen (secondary N) is 1. The molecule has 2 aromatic rings. The monoisotopic (exact) mass is 252 g/mol. The molecule has 3 nitrogen and oxygen atoms in total. The van der Waals surface area contributed by atoms with Gasteiger partial charge in [-0.1, -0.05) is 6.07 Å². The molecule has 0 radical (unpaired) electrons. The number of hydrogen-bond acceptors (Lipinski definition) is 4. The molecule has 2 N–H and O–H groups in total. The van der Waals surface area contributed by atoms with E-state index < -0.39 is 5.82 Å². The molecular formula is C12H13FN2OS. The number of rotatable bonds is 4. The van der Waals surface area contributed by atoms with E-state index in [-0.39, 0.29) is 11.8 Å². The lowest BCUT2D eigenvalue weighted by Gasteiger charge is -2.14. The maximum atomic E-state index is 13.6. The van der Waals surface area contributed by atoms with Crippen LogP contribution in [0.2, 0.25) is 0 Å². The lowest BCUT2D eigenvalue weighted by Crippen LogP contribution is -2.18. The Labute approximate surface area is 103 Å². The zero-order valence-electron chi connectivity index (χ0n) is 9.35. The number of phenolic OH excluding ortho intramolecular Hbond substituents is 1. The van der Waals surface area contributed by atoms with E-state index in [9.17, 15) is 4.39 Å². The quantitative estimate of drug-likeness (QED) is 0.879. The molecule has 0 aliphatic carbocycles. The van der Waals surface area contributed by atoms with Gasteiger partial charge in [-0.05, 0) is 13.0 Å². The van der Waals surface area contributed by atoms with Crippen LogP contribution in [0.3, 0.4) is 0 Å². The van der Waals surface area contributed by atoms with Crippen molar-refractivity contribution in [2.24, 2.45) is 0 Å². The molecule has 0 amide bonds. The highest BCUT2D eigenvalue weighted by Gasteiger charge is 2.11. The third-order valence-corrected chi connectivity index (χ3v) is 3.27. The van der Waals surface area contributed by atoms with Crippen LogP contribution in [-0.4, -0.2) is 10.1 Å². The number of nitrogens with zero attached hydrogens (tertiary/aromatic N) is 1. The Morgan fingerprint density at radius 3 is 3.00 bits per heavy atom. The summed E-state index contributed by atoms with van der Waals surface area (Å²) < 4.78 is 13.6. The van der Waals surface area contributed by atoms with Crippen LogP contribution in [0.1, 0.15) is 23.5 Å². The van der Waals surface area contributed by atoms with Crippen molar-refractivity contribution in [2.45, 2.75) is 19.5 Å². The molecule has 17 heavy (non-hydrogen) atoms. The first-order valence-electron chi connectivity index (χ1n) is 5.27. The van der Waals surface area contributed by atoms with Crippen molar-refractivity contribution in [2.75, 3.05) is 0 Å². The SMILES string of the molecule is CC(NCc1nccs1)c1ccc(O)cc1F. The number of phenols is 1. The van der Waals surface area contributed by atoms with Crippen molar-refractivity contribution >= 4 is 11.3 Å². The Hall–Kier alpha value is -1.46. The molecule has 0 saturated heterocycles. The molecule has 0 spiro atoms. The summed E-state index contributed by atoms with van der Waals surface area (Å²) in [7, 11) is 0. The molecule has 0 aliphatic heterocycles. The fraction of sp³-hybridized carbons (Fsp3) is 0.250. The van der Waals surface area contributed by atoms with Crippen LogP contribution in [0.15, 0.2) is 29.8 Å². The molecule has 0 aliphatic rings. The molecule has 1 unspecified atom stereocenters. The van der Waals surface area contributed by atoms with Crippen molar-refractivity contribution in [3.05, 3.63) is 46.2 Å². The fourth-order valence-electron chi connectivity index (χ4n) is 1.56. The van der Waals surface area contributed by atoms with Crippen LogP contribution in [0.25, 0.3) is 0 Å². The summed E-state index contributed by atoms with van der Waals surface area (Å²) in [5, 5.41) is 15.2. The maximum Gasteiger partial charge on any atom is 0.131 e. The van der Waals surface area contributed by atoms with Gasteiger partial charge in [0.1, 0.15) is 16.6 Å². The molecule has 0 saturated carbocycles. The fourth-order valence-corrected chi connectivity index (χ4v) is 2.13. The number of hydrogen-bond donors (Lipinski definition) is 2. The molecule has 90 valence electrons. The van der Waals surface area contributed by atoms with Gasteiger partial charge in [0.05, 0.1) is 0 Å². The van der Waals surface area contributed by atoms with Gasteiger partial charge in [0.2, 0.25) is 0 Å². The lowest BCUT2D eigenvalue weighted by atomic mass is 10.1. The van der Waals surface area contributed by atoms with Crippen LogP contribution in [-0.2, 0) is 6.54 Å². The van der Waals surface area contributed by atoms with Gasteiger partial charge >= 0.3 is 0 Å².